The molecule has 0 N–H and O–H groups in total. The maximum Gasteiger partial charge on any atom is 0.0481 e. The van der Waals surface area contributed by atoms with E-state index < -0.39 is 17.4 Å². The summed E-state index contributed by atoms with van der Waals surface area (Å²) in [4.78, 5) is 24.2. The first-order valence-electron chi connectivity index (χ1n) is 11.2. The fourth-order valence-corrected chi connectivity index (χ4v) is 10.7. The van der Waals surface area contributed by atoms with E-state index in [2.05, 4.69) is 55.4 Å². The highest BCUT2D eigenvalue weighted by Crippen LogP contribution is 2.62. The first kappa shape index (κ1) is 25.9. The average Bonchev–Trinajstić information content (AvgIpc) is 2.44. The Morgan fingerprint density at radius 2 is 1.10 bits per heavy atom. The Labute approximate surface area is 191 Å². The molecule has 4 nitrogen and oxygen atoms in total. The van der Waals surface area contributed by atoms with Crippen molar-refractivity contribution in [1.82, 2.24) is 0 Å². The lowest BCUT2D eigenvalue weighted by atomic mass is 9.56. The van der Waals surface area contributed by atoms with Crippen LogP contribution in [0.1, 0.15) is 100 Å². The molecule has 2 saturated heterocycles. The summed E-state index contributed by atoms with van der Waals surface area (Å²) in [5.41, 5.74) is -1.01. The Kier molecular flexibility index (Phi) is 7.37. The minimum absolute atomic E-state index is 0.0318. The van der Waals surface area contributed by atoms with Gasteiger partial charge in [-0.05, 0) is 56.8 Å². The zero-order valence-electron chi connectivity index (χ0n) is 20.1. The number of thioether (sulfide) groups is 2. The monoisotopic (exact) mass is 456 g/mol. The number of carboxylic acids is 2. The Balaban J connectivity index is 2.55. The molecular formula is C24H40O4S2-2. The number of carboxylic acid groups (broad SMARTS) is 2. The second-order valence-electron chi connectivity index (χ2n) is 12.0. The Morgan fingerprint density at radius 1 is 0.767 bits per heavy atom. The molecular weight excluding hydrogens is 416 g/mol. The summed E-state index contributed by atoms with van der Waals surface area (Å²) in [6.07, 6.45) is 3.82. The predicted octanol–water partition coefficient (Wildman–Crippen LogP) is 4.04. The third kappa shape index (κ3) is 6.11. The van der Waals surface area contributed by atoms with Crippen molar-refractivity contribution >= 4 is 35.5 Å². The summed E-state index contributed by atoms with van der Waals surface area (Å²) >= 11 is 3.86. The Morgan fingerprint density at radius 3 is 1.37 bits per heavy atom. The van der Waals surface area contributed by atoms with Gasteiger partial charge in [0.25, 0.3) is 0 Å². The van der Waals surface area contributed by atoms with Crippen LogP contribution in [0.25, 0.3) is 0 Å². The van der Waals surface area contributed by atoms with Gasteiger partial charge in [-0.25, -0.2) is 0 Å². The van der Waals surface area contributed by atoms with Crippen LogP contribution in [0.3, 0.4) is 0 Å². The van der Waals surface area contributed by atoms with Gasteiger partial charge in [0.15, 0.2) is 0 Å². The molecule has 0 aromatic rings. The lowest BCUT2D eigenvalue weighted by molar-refractivity contribution is -0.328. The van der Waals surface area contributed by atoms with Crippen LogP contribution in [-0.4, -0.2) is 30.9 Å². The molecule has 0 saturated carbocycles. The lowest BCUT2D eigenvalue weighted by Crippen LogP contribution is -2.58. The van der Waals surface area contributed by atoms with Crippen LogP contribution in [0.4, 0.5) is 0 Å². The molecule has 0 atom stereocenters. The van der Waals surface area contributed by atoms with E-state index in [1.165, 1.54) is 0 Å². The molecule has 2 rings (SSSR count). The molecule has 0 radical (unpaired) electrons. The molecule has 0 amide bonds. The molecule has 2 fully saturated rings. The number of hydrogen-bond acceptors (Lipinski definition) is 6. The SMILES string of the molecule is CC1(C)CC(C(CCCC(=O)[O-])(C(=O)[O-])C2CC(C)(C)SC(C)(C)C2)CC(C)(C)S1. The minimum atomic E-state index is -1.11. The molecule has 0 bridgehead atoms. The highest BCUT2D eigenvalue weighted by atomic mass is 32.2. The molecule has 0 aromatic carbocycles. The molecule has 174 valence electrons. The number of carbonyl (C=O) groups excluding carboxylic acids is 2. The first-order chi connectivity index (χ1) is 13.4. The van der Waals surface area contributed by atoms with Crippen LogP contribution in [-0.2, 0) is 9.59 Å². The summed E-state index contributed by atoms with van der Waals surface area (Å²) in [5.74, 6) is -2.15. The van der Waals surface area contributed by atoms with E-state index >= 15 is 0 Å². The third-order valence-electron chi connectivity index (χ3n) is 6.87. The van der Waals surface area contributed by atoms with Crippen LogP contribution in [0.5, 0.6) is 0 Å². The highest BCUT2D eigenvalue weighted by molar-refractivity contribution is 8.02. The van der Waals surface area contributed by atoms with Crippen LogP contribution in [0, 0.1) is 17.3 Å². The van der Waals surface area contributed by atoms with Crippen molar-refractivity contribution in [2.45, 2.75) is 119 Å². The van der Waals surface area contributed by atoms with Gasteiger partial charge in [-0.15, -0.1) is 23.5 Å². The van der Waals surface area contributed by atoms with Crippen molar-refractivity contribution < 1.29 is 19.8 Å². The first-order valence-corrected chi connectivity index (χ1v) is 12.8. The molecule has 6 heteroatoms. The summed E-state index contributed by atoms with van der Waals surface area (Å²) < 4.78 is -0.127. The van der Waals surface area contributed by atoms with E-state index in [0.29, 0.717) is 12.8 Å². The Hall–Kier alpha value is -0.360. The van der Waals surface area contributed by atoms with Gasteiger partial charge in [-0.3, -0.25) is 0 Å². The molecule has 0 aliphatic carbocycles. The van der Waals surface area contributed by atoms with Crippen molar-refractivity contribution in [3.8, 4) is 0 Å². The van der Waals surface area contributed by atoms with Gasteiger partial charge in [0.1, 0.15) is 0 Å². The largest absolute Gasteiger partial charge is 0.550 e. The molecule has 2 aliphatic rings. The number of carbonyl (C=O) groups is 2. The molecule has 2 heterocycles. The predicted molar refractivity (Wildman–Crippen MR) is 123 cm³/mol. The average molecular weight is 457 g/mol. The number of aliphatic carboxylic acids is 2. The van der Waals surface area contributed by atoms with Crippen LogP contribution >= 0.6 is 23.5 Å². The van der Waals surface area contributed by atoms with Crippen LogP contribution in [0.15, 0.2) is 0 Å². The summed E-state index contributed by atoms with van der Waals surface area (Å²) in [6.45, 7) is 17.6. The van der Waals surface area contributed by atoms with Gasteiger partial charge in [0.05, 0.1) is 0 Å². The molecule has 0 spiro atoms. The van der Waals surface area contributed by atoms with Crippen molar-refractivity contribution in [3.63, 3.8) is 0 Å². The minimum Gasteiger partial charge on any atom is -0.550 e. The van der Waals surface area contributed by atoms with Gasteiger partial charge in [-0.2, -0.15) is 0 Å². The van der Waals surface area contributed by atoms with Gasteiger partial charge in [-0.1, -0.05) is 55.4 Å². The number of hydrogen-bond donors (Lipinski definition) is 0. The van der Waals surface area contributed by atoms with Gasteiger partial charge < -0.3 is 19.8 Å². The van der Waals surface area contributed by atoms with Gasteiger partial charge >= 0.3 is 0 Å². The summed E-state index contributed by atoms with van der Waals surface area (Å²) in [6, 6.07) is 0. The molecule has 0 aromatic heterocycles. The smallest absolute Gasteiger partial charge is 0.0481 e. The second-order valence-corrected chi connectivity index (χ2v) is 16.8. The molecule has 2 aliphatic heterocycles. The van der Waals surface area contributed by atoms with Crippen LogP contribution < -0.4 is 10.2 Å². The van der Waals surface area contributed by atoms with Crippen LogP contribution in [0.2, 0.25) is 0 Å². The van der Waals surface area contributed by atoms with E-state index in [9.17, 15) is 19.8 Å². The van der Waals surface area contributed by atoms with Crippen molar-refractivity contribution in [2.24, 2.45) is 17.3 Å². The topological polar surface area (TPSA) is 80.3 Å². The van der Waals surface area contributed by atoms with Crippen molar-refractivity contribution in [3.05, 3.63) is 0 Å². The zero-order chi connectivity index (χ0) is 23.2. The number of rotatable bonds is 7. The second kappa shape index (κ2) is 8.53. The highest BCUT2D eigenvalue weighted by Gasteiger charge is 2.55. The van der Waals surface area contributed by atoms with E-state index in [1.807, 2.05) is 23.5 Å². The maximum atomic E-state index is 13.1. The molecule has 30 heavy (non-hydrogen) atoms. The van der Waals surface area contributed by atoms with Gasteiger partial charge in [0.2, 0.25) is 0 Å². The van der Waals surface area contributed by atoms with E-state index in [1.54, 1.807) is 0 Å². The standard InChI is InChI=1S/C24H42O4S2/c1-20(2)12-16(13-21(3,4)29-20)24(19(27)28,11-9-10-18(25)26)17-14-22(5,6)30-23(7,8)15-17/h16-17H,9-15H2,1-8H3,(H,25,26)(H,27,28)/p-2. The molecule has 0 unspecified atom stereocenters. The summed E-state index contributed by atoms with van der Waals surface area (Å²) in [5, 5.41) is 24.2. The van der Waals surface area contributed by atoms with Gasteiger partial charge in [0, 0.05) is 36.3 Å². The quantitative estimate of drug-likeness (QED) is 0.575. The normalized spacial score (nSPS) is 26.3. The zero-order valence-corrected chi connectivity index (χ0v) is 21.7. The van der Waals surface area contributed by atoms with E-state index in [0.717, 1.165) is 25.7 Å². The van der Waals surface area contributed by atoms with E-state index in [-0.39, 0.29) is 37.2 Å². The fourth-order valence-electron chi connectivity index (χ4n) is 6.61. The van der Waals surface area contributed by atoms with Crippen molar-refractivity contribution in [1.29, 1.82) is 0 Å². The fraction of sp³-hybridized carbons (Fsp3) is 0.917. The van der Waals surface area contributed by atoms with Crippen molar-refractivity contribution in [2.75, 3.05) is 0 Å². The third-order valence-corrected chi connectivity index (χ3v) is 9.74. The maximum absolute atomic E-state index is 13.1. The van der Waals surface area contributed by atoms with E-state index in [4.69, 9.17) is 0 Å². The lowest BCUT2D eigenvalue weighted by Gasteiger charge is -2.58. The Bertz CT molecular complexity index is 596. The summed E-state index contributed by atoms with van der Waals surface area (Å²) in [7, 11) is 0.